The first-order valence-electron chi connectivity index (χ1n) is 5.77. The SMILES string of the molecule is CCN1CCc2cc(O)c(O)cc2C1(C)C. The van der Waals surface area contributed by atoms with Crippen LogP contribution >= 0.6 is 0 Å². The Morgan fingerprint density at radius 1 is 1.25 bits per heavy atom. The van der Waals surface area contributed by atoms with Crippen LogP contribution < -0.4 is 0 Å². The van der Waals surface area contributed by atoms with Crippen molar-refractivity contribution in [1.29, 1.82) is 0 Å². The lowest BCUT2D eigenvalue weighted by Crippen LogP contribution is -2.46. The molecular weight excluding hydrogens is 202 g/mol. The van der Waals surface area contributed by atoms with Crippen molar-refractivity contribution in [3.8, 4) is 11.5 Å². The number of fused-ring (bicyclic) bond motifs is 1. The summed E-state index contributed by atoms with van der Waals surface area (Å²) in [6, 6.07) is 3.39. The summed E-state index contributed by atoms with van der Waals surface area (Å²) in [5.74, 6) is -0.0377. The fourth-order valence-electron chi connectivity index (χ4n) is 2.66. The maximum atomic E-state index is 9.60. The van der Waals surface area contributed by atoms with Crippen LogP contribution in [0.3, 0.4) is 0 Å². The van der Waals surface area contributed by atoms with Crippen molar-refractivity contribution in [2.45, 2.75) is 32.7 Å². The van der Waals surface area contributed by atoms with Gasteiger partial charge in [-0.25, -0.2) is 0 Å². The first-order valence-corrected chi connectivity index (χ1v) is 5.77. The van der Waals surface area contributed by atoms with Crippen LogP contribution in [0.15, 0.2) is 12.1 Å². The van der Waals surface area contributed by atoms with E-state index < -0.39 is 0 Å². The molecule has 0 bridgehead atoms. The van der Waals surface area contributed by atoms with Gasteiger partial charge < -0.3 is 10.2 Å². The van der Waals surface area contributed by atoms with Crippen LogP contribution in [-0.2, 0) is 12.0 Å². The average molecular weight is 221 g/mol. The van der Waals surface area contributed by atoms with Crippen molar-refractivity contribution in [1.82, 2.24) is 4.90 Å². The molecule has 2 rings (SSSR count). The van der Waals surface area contributed by atoms with Crippen molar-refractivity contribution >= 4 is 0 Å². The number of phenols is 2. The van der Waals surface area contributed by atoms with E-state index in [-0.39, 0.29) is 17.0 Å². The van der Waals surface area contributed by atoms with Gasteiger partial charge in [-0.05, 0) is 50.1 Å². The molecule has 0 radical (unpaired) electrons. The molecule has 3 nitrogen and oxygen atoms in total. The molecule has 0 saturated heterocycles. The third-order valence-corrected chi connectivity index (χ3v) is 3.68. The Bertz CT molecular complexity index is 413. The minimum atomic E-state index is -0.0759. The predicted molar refractivity (Wildman–Crippen MR) is 63.7 cm³/mol. The number of hydrogen-bond acceptors (Lipinski definition) is 3. The summed E-state index contributed by atoms with van der Waals surface area (Å²) in [5, 5.41) is 19.1. The molecule has 1 heterocycles. The van der Waals surface area contributed by atoms with Gasteiger partial charge in [-0.15, -0.1) is 0 Å². The molecule has 0 unspecified atom stereocenters. The first kappa shape index (κ1) is 11.3. The van der Waals surface area contributed by atoms with Gasteiger partial charge in [0.05, 0.1) is 0 Å². The normalized spacial score (nSPS) is 19.4. The lowest BCUT2D eigenvalue weighted by Gasteiger charge is -2.43. The van der Waals surface area contributed by atoms with Crippen LogP contribution in [0.4, 0.5) is 0 Å². The molecule has 0 atom stereocenters. The Morgan fingerprint density at radius 2 is 1.88 bits per heavy atom. The summed E-state index contributed by atoms with van der Waals surface area (Å²) in [6.45, 7) is 8.46. The number of phenolic OH excluding ortho intramolecular Hbond substituents is 2. The second-order valence-corrected chi connectivity index (χ2v) is 4.89. The van der Waals surface area contributed by atoms with Gasteiger partial charge >= 0.3 is 0 Å². The largest absolute Gasteiger partial charge is 0.504 e. The molecule has 0 aliphatic carbocycles. The molecule has 1 aliphatic heterocycles. The smallest absolute Gasteiger partial charge is 0.157 e. The molecular formula is C13H19NO2. The van der Waals surface area contributed by atoms with Crippen LogP contribution in [0, 0.1) is 0 Å². The van der Waals surface area contributed by atoms with E-state index >= 15 is 0 Å². The monoisotopic (exact) mass is 221 g/mol. The Morgan fingerprint density at radius 3 is 2.50 bits per heavy atom. The Kier molecular flexibility index (Phi) is 2.58. The number of rotatable bonds is 1. The van der Waals surface area contributed by atoms with Gasteiger partial charge in [0.2, 0.25) is 0 Å². The Balaban J connectivity index is 2.54. The van der Waals surface area contributed by atoms with Crippen LogP contribution in [0.5, 0.6) is 11.5 Å². The highest BCUT2D eigenvalue weighted by molar-refractivity contribution is 5.49. The molecule has 88 valence electrons. The van der Waals surface area contributed by atoms with Crippen molar-refractivity contribution < 1.29 is 10.2 Å². The van der Waals surface area contributed by atoms with Gasteiger partial charge in [0.15, 0.2) is 11.5 Å². The summed E-state index contributed by atoms with van der Waals surface area (Å²) in [6.07, 6.45) is 0.931. The van der Waals surface area contributed by atoms with Gasteiger partial charge in [0.25, 0.3) is 0 Å². The second-order valence-electron chi connectivity index (χ2n) is 4.89. The van der Waals surface area contributed by atoms with Gasteiger partial charge in [-0.1, -0.05) is 6.92 Å². The second kappa shape index (κ2) is 3.67. The summed E-state index contributed by atoms with van der Waals surface area (Å²) in [7, 11) is 0. The Hall–Kier alpha value is -1.22. The van der Waals surface area contributed by atoms with Crippen molar-refractivity contribution in [3.63, 3.8) is 0 Å². The van der Waals surface area contributed by atoms with Crippen LogP contribution in [0.25, 0.3) is 0 Å². The molecule has 1 aromatic rings. The van der Waals surface area contributed by atoms with E-state index in [1.807, 2.05) is 0 Å². The standard InChI is InChI=1S/C13H19NO2/c1-4-14-6-5-9-7-11(15)12(16)8-10(9)13(14,2)3/h7-8,15-16H,4-6H2,1-3H3. The highest BCUT2D eigenvalue weighted by Crippen LogP contribution is 2.39. The zero-order chi connectivity index (χ0) is 11.9. The van der Waals surface area contributed by atoms with Crippen LogP contribution in [0.2, 0.25) is 0 Å². The van der Waals surface area contributed by atoms with Crippen LogP contribution in [0.1, 0.15) is 31.9 Å². The molecule has 1 aliphatic rings. The van der Waals surface area contributed by atoms with E-state index in [0.717, 1.165) is 30.6 Å². The van der Waals surface area contributed by atoms with Crippen molar-refractivity contribution in [2.24, 2.45) is 0 Å². The van der Waals surface area contributed by atoms with E-state index in [1.165, 1.54) is 0 Å². The molecule has 3 heteroatoms. The van der Waals surface area contributed by atoms with E-state index in [0.29, 0.717) is 0 Å². The lowest BCUT2D eigenvalue weighted by atomic mass is 9.83. The van der Waals surface area contributed by atoms with Gasteiger partial charge in [-0.3, -0.25) is 4.90 Å². The molecule has 2 N–H and O–H groups in total. The van der Waals surface area contributed by atoms with E-state index in [4.69, 9.17) is 0 Å². The molecule has 0 spiro atoms. The van der Waals surface area contributed by atoms with Gasteiger partial charge in [-0.2, -0.15) is 0 Å². The molecule has 0 aromatic heterocycles. The molecule has 16 heavy (non-hydrogen) atoms. The molecule has 0 saturated carbocycles. The third-order valence-electron chi connectivity index (χ3n) is 3.68. The fraction of sp³-hybridized carbons (Fsp3) is 0.538. The number of aromatic hydroxyl groups is 2. The quantitative estimate of drug-likeness (QED) is 0.715. The maximum absolute atomic E-state index is 9.60. The summed E-state index contributed by atoms with van der Waals surface area (Å²) in [4.78, 5) is 2.38. The minimum absolute atomic E-state index is 0.0144. The number of likely N-dealkylation sites (N-methyl/N-ethyl adjacent to an activating group) is 1. The maximum Gasteiger partial charge on any atom is 0.157 e. The third kappa shape index (κ3) is 1.55. The fourth-order valence-corrected chi connectivity index (χ4v) is 2.66. The average Bonchev–Trinajstić information content (AvgIpc) is 2.21. The highest BCUT2D eigenvalue weighted by atomic mass is 16.3. The summed E-state index contributed by atoms with van der Waals surface area (Å²) >= 11 is 0. The number of hydrogen-bond donors (Lipinski definition) is 2. The van der Waals surface area contributed by atoms with Crippen molar-refractivity contribution in [2.75, 3.05) is 13.1 Å². The minimum Gasteiger partial charge on any atom is -0.504 e. The van der Waals surface area contributed by atoms with E-state index in [2.05, 4.69) is 25.7 Å². The topological polar surface area (TPSA) is 43.7 Å². The van der Waals surface area contributed by atoms with Crippen molar-refractivity contribution in [3.05, 3.63) is 23.3 Å². The predicted octanol–water partition coefficient (Wildman–Crippen LogP) is 2.21. The zero-order valence-electron chi connectivity index (χ0n) is 10.1. The summed E-state index contributed by atoms with van der Waals surface area (Å²) < 4.78 is 0. The highest BCUT2D eigenvalue weighted by Gasteiger charge is 2.34. The van der Waals surface area contributed by atoms with Gasteiger partial charge in [0, 0.05) is 12.1 Å². The Labute approximate surface area is 96.3 Å². The molecule has 0 fully saturated rings. The van der Waals surface area contributed by atoms with E-state index in [9.17, 15) is 10.2 Å². The van der Waals surface area contributed by atoms with E-state index in [1.54, 1.807) is 12.1 Å². The van der Waals surface area contributed by atoms with Crippen LogP contribution in [-0.4, -0.2) is 28.2 Å². The number of nitrogens with zero attached hydrogens (tertiary/aromatic N) is 1. The zero-order valence-corrected chi connectivity index (χ0v) is 10.1. The molecule has 0 amide bonds. The first-order chi connectivity index (χ1) is 7.46. The lowest BCUT2D eigenvalue weighted by molar-refractivity contribution is 0.114. The molecule has 1 aromatic carbocycles. The van der Waals surface area contributed by atoms with Gasteiger partial charge in [0.1, 0.15) is 0 Å². The number of benzene rings is 1. The summed E-state index contributed by atoms with van der Waals surface area (Å²) in [5.41, 5.74) is 2.19.